The molecule has 0 radical (unpaired) electrons. The third kappa shape index (κ3) is 17.6. The zero-order chi connectivity index (χ0) is 97.7. The highest BCUT2D eigenvalue weighted by Crippen LogP contribution is 2.61. The Bertz CT molecular complexity index is 5970. The van der Waals surface area contributed by atoms with Crippen molar-refractivity contribution in [3.8, 4) is 77.3 Å². The zero-order valence-corrected chi connectivity index (χ0v) is 85.8. The molecule has 6 spiro atoms. The van der Waals surface area contributed by atoms with Crippen molar-refractivity contribution in [2.24, 2.45) is 17.3 Å². The minimum absolute atomic E-state index is 0.0401. The average molecular weight is 1920 g/mol. The van der Waals surface area contributed by atoms with E-state index in [0.717, 1.165) is 208 Å². The normalized spacial score (nSPS) is 35.8. The molecule has 0 unspecified atom stereocenters. The number of esters is 6. The lowest BCUT2D eigenvalue weighted by molar-refractivity contribution is -0.149. The Morgan fingerprint density at radius 1 is 0.376 bits per heavy atom. The van der Waals surface area contributed by atoms with E-state index in [2.05, 4.69) is 205 Å². The highest BCUT2D eigenvalue weighted by atomic mass is 28.4. The fraction of sp³-hybridized carbons (Fsp3) is 0.639. The summed E-state index contributed by atoms with van der Waals surface area (Å²) in [6.07, 6.45) is 64.3. The van der Waals surface area contributed by atoms with Crippen molar-refractivity contribution in [1.82, 2.24) is 29.4 Å². The lowest BCUT2D eigenvalue weighted by Crippen LogP contribution is -2.48. The summed E-state index contributed by atoms with van der Waals surface area (Å²) in [7, 11) is -1.92. The molecule has 14 fully saturated rings. The van der Waals surface area contributed by atoms with E-state index >= 15 is 0 Å². The lowest BCUT2D eigenvalue weighted by Gasteiger charge is -2.41. The van der Waals surface area contributed by atoms with Crippen molar-refractivity contribution in [3.05, 3.63) is 140 Å². The highest BCUT2D eigenvalue weighted by Gasteiger charge is 2.69. The van der Waals surface area contributed by atoms with Crippen molar-refractivity contribution >= 4 is 44.1 Å². The first kappa shape index (κ1) is 97.4. The van der Waals surface area contributed by atoms with Crippen LogP contribution in [-0.4, -0.2) is 232 Å². The van der Waals surface area contributed by atoms with Crippen LogP contribution in [0.25, 0.3) is 0 Å². The van der Waals surface area contributed by atoms with Gasteiger partial charge in [0.15, 0.2) is 33.6 Å². The van der Waals surface area contributed by atoms with Gasteiger partial charge in [0.25, 0.3) is 0 Å². The summed E-state index contributed by atoms with van der Waals surface area (Å²) in [4.78, 5) is 87.5. The van der Waals surface area contributed by atoms with Crippen LogP contribution in [0, 0.1) is 99.8 Å². The molecule has 18 atom stereocenters. The van der Waals surface area contributed by atoms with Crippen molar-refractivity contribution in [2.75, 3.05) is 52.5 Å². The predicted octanol–water partition coefficient (Wildman–Crippen LogP) is 17.6. The van der Waals surface area contributed by atoms with Crippen molar-refractivity contribution < 1.29 is 66.4 Å². The molecule has 141 heavy (non-hydrogen) atoms. The van der Waals surface area contributed by atoms with Crippen LogP contribution in [0.3, 0.4) is 0 Å². The van der Waals surface area contributed by atoms with Gasteiger partial charge in [0.2, 0.25) is 8.32 Å². The minimum Gasteiger partial charge on any atom is -0.449 e. The molecule has 26 rings (SSSR count). The number of nitriles is 1. The Morgan fingerprint density at radius 3 is 0.965 bits per heavy atom. The number of hydrogen-bond donors (Lipinski definition) is 0. The monoisotopic (exact) mass is 1920 g/mol. The Balaban J connectivity index is 0.000000101. The maximum Gasteiger partial charge on any atom is 0.332 e. The van der Waals surface area contributed by atoms with Gasteiger partial charge < -0.3 is 37.6 Å². The van der Waals surface area contributed by atoms with Crippen LogP contribution < -0.4 is 0 Å². The summed E-state index contributed by atoms with van der Waals surface area (Å²) < 4.78 is 47.2. The van der Waals surface area contributed by atoms with Crippen LogP contribution in [0.1, 0.15) is 288 Å². The smallest absolute Gasteiger partial charge is 0.332 e. The second-order valence-electron chi connectivity index (χ2n) is 46.4. The fourth-order valence-corrected chi connectivity index (χ4v) is 35.9. The van der Waals surface area contributed by atoms with E-state index in [1.807, 2.05) is 6.92 Å². The van der Waals surface area contributed by atoms with Gasteiger partial charge in [0.1, 0.15) is 6.11 Å². The first-order chi connectivity index (χ1) is 68.1. The van der Waals surface area contributed by atoms with Crippen LogP contribution in [0.15, 0.2) is 140 Å². The number of unbranched alkanes of at least 4 members (excludes halogenated alkanes) is 2. The van der Waals surface area contributed by atoms with Gasteiger partial charge in [-0.2, -0.15) is 5.26 Å². The number of carbonyl (C=O) groups is 6. The molecule has 22 heteroatoms. The summed E-state index contributed by atoms with van der Waals surface area (Å²) in [6, 6.07) is 6.33. The quantitative estimate of drug-likeness (QED) is 0.0688. The van der Waals surface area contributed by atoms with Gasteiger partial charge in [0, 0.05) is 209 Å². The molecule has 21 nitrogen and oxygen atoms in total. The molecular weight excluding hydrogens is 1780 g/mol. The number of rotatable bonds is 9. The maximum atomic E-state index is 12.3. The van der Waals surface area contributed by atoms with E-state index in [1.165, 1.54) is 116 Å². The molecular formula is C119H143N7O14Si. The number of piperidine rings is 6. The van der Waals surface area contributed by atoms with Gasteiger partial charge in [-0.25, -0.2) is 28.8 Å². The van der Waals surface area contributed by atoms with Crippen molar-refractivity contribution in [1.29, 1.82) is 5.26 Å². The molecule has 742 valence electrons. The van der Waals surface area contributed by atoms with Crippen molar-refractivity contribution in [2.45, 2.75) is 410 Å². The van der Waals surface area contributed by atoms with Crippen LogP contribution in [0.2, 0.25) is 16.6 Å². The van der Waals surface area contributed by atoms with E-state index in [1.54, 1.807) is 36.5 Å². The summed E-state index contributed by atoms with van der Waals surface area (Å²) in [5.41, 5.74) is 11.3. The largest absolute Gasteiger partial charge is 0.449 e. The van der Waals surface area contributed by atoms with E-state index in [-0.39, 0.29) is 46.8 Å². The van der Waals surface area contributed by atoms with E-state index in [9.17, 15) is 28.8 Å². The predicted molar refractivity (Wildman–Crippen MR) is 540 cm³/mol. The van der Waals surface area contributed by atoms with Gasteiger partial charge >= 0.3 is 35.8 Å². The minimum atomic E-state index is -1.92. The fourth-order valence-electron chi connectivity index (χ4n) is 30.6. The van der Waals surface area contributed by atoms with Gasteiger partial charge in [-0.1, -0.05) is 189 Å². The zero-order valence-electron chi connectivity index (χ0n) is 84.8. The molecule has 2 saturated carbocycles. The Labute approximate surface area is 837 Å². The van der Waals surface area contributed by atoms with Crippen LogP contribution in [0.5, 0.6) is 0 Å². The first-order valence-electron chi connectivity index (χ1n) is 54.4. The van der Waals surface area contributed by atoms with Crippen LogP contribution >= 0.6 is 0 Å². The first-order valence-corrected chi connectivity index (χ1v) is 56.5. The van der Waals surface area contributed by atoms with Gasteiger partial charge in [-0.3, -0.25) is 29.4 Å². The highest BCUT2D eigenvalue weighted by molar-refractivity contribution is 6.77. The molecule has 0 amide bonds. The second-order valence-corrected chi connectivity index (χ2v) is 51.9. The molecule has 0 aromatic heterocycles. The standard InChI is InChI=1S/C25H37NO3Si.C21H25NO2.C19H20N2O2.C19H23NO2.C18H19NO2.C17H19NO3/c1-17(2)30(18(3)4,19(5)6)28-13-9-10-20-14-21-16-25(22(20)15-24(27)29-25)23-11-7-8-12-26(21)23;23-20-13-18-16(9-5-8-15-6-1-2-7-15)12-17-14-21(18,24-20)19-10-3-4-11-22(17)19;20-9-5-2-1-3-7-14-11-15-13-19(16(14)12-18(22)23-19)17-8-4-6-10-21(15)17;1-18(2,3)8-7-13-10-14-12-19(15(13)11-17(21)22-19)16-6-4-5-9-20(14)16;20-17-10-15-13(7-6-12-4-5-12)9-14-11-18(15,21-17)16-3-1-2-8-19(14)16;1-2-20-8-6-12-9-13-11-17(14(12)10-16(19)21-17)15-5-3-4-7-18(13)15/h14-15,17-19,21,23H,7-8,11-13,16H2,1-6H3;12-13,15,17,19H,1-4,6-8,10-11,14H2;11-12,15,17H,1-2,4-6,8,10,13H2;10-11,14,16H,4-6,9,12H2,1-3H3;9-10,12,14,16H,1-5,8,11H2;9-10,13,15H,2-5,7,11H2,1H3/t21-,23-,25+;17-,19-,21+;15-,17-,19+;14-,16-,19+;14-,16-,18+;13-,15-,17+/m111111/s1. The Kier molecular flexibility index (Phi) is 26.9. The molecule has 26 aliphatic rings. The molecule has 12 saturated heterocycles. The van der Waals surface area contributed by atoms with Gasteiger partial charge in [-0.05, 0) is 205 Å². The van der Waals surface area contributed by atoms with Crippen molar-refractivity contribution in [3.63, 3.8) is 0 Å². The van der Waals surface area contributed by atoms with Crippen LogP contribution in [0.4, 0.5) is 0 Å². The maximum absolute atomic E-state index is 12.3. The number of ether oxygens (including phenoxy) is 7. The van der Waals surface area contributed by atoms with Crippen LogP contribution in [-0.2, 0) is 66.4 Å². The van der Waals surface area contributed by atoms with E-state index in [4.69, 9.17) is 42.8 Å². The molecule has 12 bridgehead atoms. The molecule has 18 heterocycles. The summed E-state index contributed by atoms with van der Waals surface area (Å²) in [5, 5.41) is 8.58. The summed E-state index contributed by atoms with van der Waals surface area (Å²) in [5.74, 6) is 36.7. The Morgan fingerprint density at radius 2 is 0.667 bits per heavy atom. The topological polar surface area (TPSA) is 219 Å². The molecule has 0 N–H and O–H groups in total. The third-order valence-corrected chi connectivity index (χ3v) is 42.3. The van der Waals surface area contributed by atoms with E-state index < -0.39 is 36.3 Å². The molecule has 18 aliphatic heterocycles. The molecule has 8 aliphatic carbocycles. The number of hydrogen-bond acceptors (Lipinski definition) is 21. The third-order valence-electron chi connectivity index (χ3n) is 36.2. The lowest BCUT2D eigenvalue weighted by atomic mass is 9.76. The van der Waals surface area contributed by atoms with Gasteiger partial charge in [0.05, 0.1) is 55.5 Å². The average Bonchev–Trinajstić information content (AvgIpc) is 1.58. The SMILES string of the molecule is CC(C)(C)C#CC1=C[C@@H]2C[C@@]3(OC(=O)C=C13)[C@H]1CCCCN21.CC(C)[Si](OCC#CC1=C[C@@H]2C[C@@]3(OC(=O)C=C13)[C@H]1CCCCN21)(C(C)C)C(C)C.CCOC#CC1=C[C@@H]2C[C@@]3(OC(=O)C=C13)[C@H]1CCCCN21.N#CCCCC#CC1=C[C@@H]2C[C@@]3(OC(=O)C=C13)[C@H]1CCCCN21.O=C1C=C2C(C#CC3CC3)=C[C@@H]3C[C@@]2(O1)[C@H]1CCCCN31.O=C1C=C2C(C#CCC3CCCC3)=C[C@@H]3C[C@@]2(O1)[C@H]1CCCCN31. The summed E-state index contributed by atoms with van der Waals surface area (Å²) in [6.45, 7) is 29.7. The molecule has 0 aromatic rings. The van der Waals surface area contributed by atoms with E-state index in [0.29, 0.717) is 115 Å². The Hall–Kier alpha value is -9.71. The number of fused-ring (bicyclic) bond motifs is 18. The number of nitrogens with zero attached hydrogens (tertiary/aromatic N) is 7. The molecule has 0 aromatic carbocycles. The number of carbonyl (C=O) groups excluding carboxylic acids is 6. The van der Waals surface area contributed by atoms with Gasteiger partial charge in [-0.15, -0.1) is 0 Å². The second kappa shape index (κ2) is 39.0. The summed E-state index contributed by atoms with van der Waals surface area (Å²) >= 11 is 0.